The maximum atomic E-state index is 11.5. The fraction of sp³-hybridized carbons (Fsp3) is 0.333. The molecular formula is C12H12ClN3O2S. The second-order valence-corrected chi connectivity index (χ2v) is 7.17. The molecular weight excluding hydrogens is 286 g/mol. The topological polar surface area (TPSA) is 64.8 Å². The predicted octanol–water partition coefficient (Wildman–Crippen LogP) is 2.52. The summed E-state index contributed by atoms with van der Waals surface area (Å²) in [5, 5.41) is 7.59. The molecule has 19 heavy (non-hydrogen) atoms. The van der Waals surface area contributed by atoms with Gasteiger partial charge in [0, 0.05) is 22.3 Å². The zero-order valence-corrected chi connectivity index (χ0v) is 11.8. The van der Waals surface area contributed by atoms with E-state index in [-0.39, 0.29) is 11.2 Å². The van der Waals surface area contributed by atoms with Crippen molar-refractivity contribution in [2.45, 2.75) is 31.0 Å². The van der Waals surface area contributed by atoms with Crippen LogP contribution >= 0.6 is 10.7 Å². The van der Waals surface area contributed by atoms with Gasteiger partial charge < -0.3 is 0 Å². The summed E-state index contributed by atoms with van der Waals surface area (Å²) in [5.41, 5.74) is 1.93. The van der Waals surface area contributed by atoms with Gasteiger partial charge in [0.1, 0.15) is 0 Å². The van der Waals surface area contributed by atoms with Crippen molar-refractivity contribution in [1.82, 2.24) is 14.8 Å². The molecule has 0 saturated heterocycles. The molecule has 1 aliphatic carbocycles. The lowest BCUT2D eigenvalue weighted by molar-refractivity contribution is 0.579. The van der Waals surface area contributed by atoms with Gasteiger partial charge in [0.05, 0.1) is 0 Å². The lowest BCUT2D eigenvalue weighted by Gasteiger charge is -2.07. The van der Waals surface area contributed by atoms with Crippen LogP contribution in [0.5, 0.6) is 0 Å². The Labute approximate surface area is 115 Å². The molecule has 0 N–H and O–H groups in total. The fourth-order valence-electron chi connectivity index (χ4n) is 2.09. The Balaban J connectivity index is 2.20. The van der Waals surface area contributed by atoms with Crippen LogP contribution in [0, 0.1) is 6.92 Å². The van der Waals surface area contributed by atoms with Crippen molar-refractivity contribution in [2.75, 3.05) is 0 Å². The second-order valence-electron chi connectivity index (χ2n) is 4.71. The number of nitrogens with zero attached hydrogens (tertiary/aromatic N) is 3. The third kappa shape index (κ3) is 2.37. The standard InChI is InChI=1S/C12H12ClN3O2S/c1-8-3-2-4-9(7-8)11-14-15-12(19(13,17)18)16(11)10-5-6-10/h2-4,7,10H,5-6H2,1H3. The van der Waals surface area contributed by atoms with Gasteiger partial charge in [-0.2, -0.15) is 0 Å². The molecule has 1 aromatic carbocycles. The van der Waals surface area contributed by atoms with E-state index in [1.165, 1.54) is 0 Å². The molecule has 0 bridgehead atoms. The number of benzene rings is 1. The van der Waals surface area contributed by atoms with Gasteiger partial charge in [0.25, 0.3) is 14.2 Å². The molecule has 0 spiro atoms. The van der Waals surface area contributed by atoms with Crippen LogP contribution in [0.25, 0.3) is 11.4 Å². The molecule has 1 fully saturated rings. The molecule has 0 radical (unpaired) electrons. The highest BCUT2D eigenvalue weighted by molar-refractivity contribution is 8.13. The molecule has 0 atom stereocenters. The van der Waals surface area contributed by atoms with E-state index in [4.69, 9.17) is 10.7 Å². The summed E-state index contributed by atoms with van der Waals surface area (Å²) in [6.45, 7) is 1.97. The average molecular weight is 298 g/mol. The van der Waals surface area contributed by atoms with Crippen LogP contribution in [0.15, 0.2) is 29.4 Å². The van der Waals surface area contributed by atoms with Crippen LogP contribution in [-0.2, 0) is 9.05 Å². The Hall–Kier alpha value is -1.40. The van der Waals surface area contributed by atoms with Crippen LogP contribution in [-0.4, -0.2) is 23.2 Å². The molecule has 7 heteroatoms. The summed E-state index contributed by atoms with van der Waals surface area (Å²) < 4.78 is 24.7. The number of aryl methyl sites for hydroxylation is 1. The van der Waals surface area contributed by atoms with Crippen molar-refractivity contribution in [3.63, 3.8) is 0 Å². The summed E-state index contributed by atoms with van der Waals surface area (Å²) in [6, 6.07) is 7.86. The van der Waals surface area contributed by atoms with Crippen molar-refractivity contribution in [3.8, 4) is 11.4 Å². The van der Waals surface area contributed by atoms with Crippen LogP contribution in [0.4, 0.5) is 0 Å². The van der Waals surface area contributed by atoms with E-state index in [9.17, 15) is 8.42 Å². The maximum absolute atomic E-state index is 11.5. The molecule has 0 unspecified atom stereocenters. The van der Waals surface area contributed by atoms with Crippen molar-refractivity contribution < 1.29 is 8.42 Å². The molecule has 0 aliphatic heterocycles. The van der Waals surface area contributed by atoms with Crippen molar-refractivity contribution in [2.24, 2.45) is 0 Å². The number of halogens is 1. The monoisotopic (exact) mass is 297 g/mol. The number of rotatable bonds is 3. The second kappa shape index (κ2) is 4.31. The highest BCUT2D eigenvalue weighted by Crippen LogP contribution is 2.40. The van der Waals surface area contributed by atoms with Crippen LogP contribution in [0.2, 0.25) is 0 Å². The molecule has 0 amide bonds. The summed E-state index contributed by atoms with van der Waals surface area (Å²) in [7, 11) is 1.54. The minimum atomic E-state index is -3.87. The van der Waals surface area contributed by atoms with Gasteiger partial charge >= 0.3 is 0 Å². The maximum Gasteiger partial charge on any atom is 0.296 e. The van der Waals surface area contributed by atoms with Crippen LogP contribution < -0.4 is 0 Å². The third-order valence-electron chi connectivity index (χ3n) is 3.07. The molecule has 100 valence electrons. The van der Waals surface area contributed by atoms with E-state index in [0.29, 0.717) is 5.82 Å². The molecule has 1 aliphatic rings. The van der Waals surface area contributed by atoms with Crippen LogP contribution in [0.3, 0.4) is 0 Å². The first-order chi connectivity index (χ1) is 8.97. The van der Waals surface area contributed by atoms with Crippen molar-refractivity contribution in [3.05, 3.63) is 29.8 Å². The zero-order chi connectivity index (χ0) is 13.6. The van der Waals surface area contributed by atoms with E-state index >= 15 is 0 Å². The highest BCUT2D eigenvalue weighted by atomic mass is 35.7. The molecule has 1 heterocycles. The van der Waals surface area contributed by atoms with E-state index in [1.54, 1.807) is 4.57 Å². The molecule has 2 aromatic rings. The Morgan fingerprint density at radius 1 is 1.32 bits per heavy atom. The Morgan fingerprint density at radius 3 is 2.63 bits per heavy atom. The number of hydrogen-bond donors (Lipinski definition) is 0. The quantitative estimate of drug-likeness (QED) is 0.817. The van der Waals surface area contributed by atoms with E-state index in [0.717, 1.165) is 24.0 Å². The minimum absolute atomic E-state index is 0.133. The van der Waals surface area contributed by atoms with Gasteiger partial charge in [-0.15, -0.1) is 10.2 Å². The SMILES string of the molecule is Cc1cccc(-c2nnc(S(=O)(=O)Cl)n2C2CC2)c1. The fourth-order valence-corrected chi connectivity index (χ4v) is 3.01. The van der Waals surface area contributed by atoms with Gasteiger partial charge in [-0.05, 0) is 25.8 Å². The van der Waals surface area contributed by atoms with E-state index in [2.05, 4.69) is 10.2 Å². The van der Waals surface area contributed by atoms with Gasteiger partial charge in [0.2, 0.25) is 0 Å². The first-order valence-corrected chi connectivity index (χ1v) is 8.24. The lowest BCUT2D eigenvalue weighted by Crippen LogP contribution is -2.06. The first-order valence-electron chi connectivity index (χ1n) is 5.93. The smallest absolute Gasteiger partial charge is 0.294 e. The Kier molecular flexibility index (Phi) is 2.87. The lowest BCUT2D eigenvalue weighted by atomic mass is 10.1. The first kappa shape index (κ1) is 12.6. The number of aromatic nitrogens is 3. The summed E-state index contributed by atoms with van der Waals surface area (Å²) >= 11 is 0. The normalized spacial score (nSPS) is 15.7. The van der Waals surface area contributed by atoms with Crippen molar-refractivity contribution >= 4 is 19.7 Å². The van der Waals surface area contributed by atoms with Gasteiger partial charge in [0.15, 0.2) is 5.82 Å². The highest BCUT2D eigenvalue weighted by Gasteiger charge is 2.34. The average Bonchev–Trinajstić information content (AvgIpc) is 3.06. The van der Waals surface area contributed by atoms with Gasteiger partial charge in [-0.25, -0.2) is 8.42 Å². The van der Waals surface area contributed by atoms with E-state index < -0.39 is 9.05 Å². The number of hydrogen-bond acceptors (Lipinski definition) is 4. The Bertz CT molecular complexity index is 735. The van der Waals surface area contributed by atoms with Crippen molar-refractivity contribution in [1.29, 1.82) is 0 Å². The molecule has 5 nitrogen and oxygen atoms in total. The predicted molar refractivity (Wildman–Crippen MR) is 71.5 cm³/mol. The summed E-state index contributed by atoms with van der Waals surface area (Å²) in [5.74, 6) is 0.561. The Morgan fingerprint density at radius 2 is 2.05 bits per heavy atom. The summed E-state index contributed by atoms with van der Waals surface area (Å²) in [4.78, 5) is 0. The molecule has 1 aromatic heterocycles. The van der Waals surface area contributed by atoms with Gasteiger partial charge in [-0.3, -0.25) is 4.57 Å². The van der Waals surface area contributed by atoms with Crippen LogP contribution in [0.1, 0.15) is 24.4 Å². The molecule has 3 rings (SSSR count). The zero-order valence-electron chi connectivity index (χ0n) is 10.2. The van der Waals surface area contributed by atoms with E-state index in [1.807, 2.05) is 31.2 Å². The minimum Gasteiger partial charge on any atom is -0.294 e. The summed E-state index contributed by atoms with van der Waals surface area (Å²) in [6.07, 6.45) is 1.85. The molecule has 1 saturated carbocycles. The van der Waals surface area contributed by atoms with Gasteiger partial charge in [-0.1, -0.05) is 23.8 Å². The largest absolute Gasteiger partial charge is 0.296 e. The third-order valence-corrected chi connectivity index (χ3v) is 4.20.